The zero-order chi connectivity index (χ0) is 8.97. The Balaban J connectivity index is 2.29. The highest BCUT2D eigenvalue weighted by Crippen LogP contribution is 1.95. The summed E-state index contributed by atoms with van der Waals surface area (Å²) in [5.41, 5.74) is 3.37. The molecule has 0 atom stereocenters. The van der Waals surface area contributed by atoms with Crippen molar-refractivity contribution < 1.29 is 9.53 Å². The Morgan fingerprint density at radius 3 is 2.58 bits per heavy atom. The zero-order valence-corrected chi connectivity index (χ0v) is 7.30. The molecule has 68 valence electrons. The van der Waals surface area contributed by atoms with Crippen LogP contribution in [0.4, 0.5) is 0 Å². The van der Waals surface area contributed by atoms with Crippen molar-refractivity contribution >= 4 is 5.78 Å². The molecule has 1 N–H and O–H groups in total. The fourth-order valence-electron chi connectivity index (χ4n) is 0.945. The number of nitrogens with zero attached hydrogens (tertiary/aromatic N) is 1. The predicted molar refractivity (Wildman–Crippen MR) is 45.3 cm³/mol. The van der Waals surface area contributed by atoms with E-state index in [2.05, 4.69) is 12.0 Å². The van der Waals surface area contributed by atoms with Crippen LogP contribution in [0.25, 0.3) is 0 Å². The molecule has 0 bridgehead atoms. The first-order chi connectivity index (χ1) is 5.70. The number of rotatable bonds is 3. The van der Waals surface area contributed by atoms with E-state index in [1.165, 1.54) is 6.92 Å². The van der Waals surface area contributed by atoms with Gasteiger partial charge in [-0.05, 0) is 0 Å². The maximum atomic E-state index is 10.8. The highest BCUT2D eigenvalue weighted by atomic mass is 16.5. The molecule has 0 saturated carbocycles. The number of hydrogen-bond donors (Lipinski definition) is 1. The number of carbonyl (C=O) groups is 1. The van der Waals surface area contributed by atoms with Gasteiger partial charge in [-0.2, -0.15) is 0 Å². The number of allylic oxidation sites excluding steroid dienone is 1. The van der Waals surface area contributed by atoms with Gasteiger partial charge in [0.05, 0.1) is 18.9 Å². The van der Waals surface area contributed by atoms with Gasteiger partial charge >= 0.3 is 0 Å². The van der Waals surface area contributed by atoms with Crippen LogP contribution in [0, 0.1) is 0 Å². The van der Waals surface area contributed by atoms with Crippen LogP contribution in [0.2, 0.25) is 0 Å². The first-order valence-electron chi connectivity index (χ1n) is 3.99. The van der Waals surface area contributed by atoms with Crippen LogP contribution >= 0.6 is 0 Å². The lowest BCUT2D eigenvalue weighted by molar-refractivity contribution is -0.114. The molecule has 4 heteroatoms. The minimum Gasteiger partial charge on any atom is -0.379 e. The molecule has 0 aromatic rings. The molecule has 0 unspecified atom stereocenters. The summed E-state index contributed by atoms with van der Waals surface area (Å²) in [6.45, 7) is 8.11. The van der Waals surface area contributed by atoms with Crippen molar-refractivity contribution in [1.29, 1.82) is 0 Å². The maximum Gasteiger partial charge on any atom is 0.176 e. The van der Waals surface area contributed by atoms with Crippen molar-refractivity contribution in [3.63, 3.8) is 0 Å². The number of hydrogen-bond acceptors (Lipinski definition) is 4. The minimum atomic E-state index is -0.0264. The third-order valence-electron chi connectivity index (χ3n) is 1.73. The topological polar surface area (TPSA) is 41.6 Å². The number of Topliss-reactive ketones (excluding diaryl/α,β-unsaturated/α-hetero) is 1. The smallest absolute Gasteiger partial charge is 0.176 e. The largest absolute Gasteiger partial charge is 0.379 e. The Labute approximate surface area is 72.2 Å². The second-order valence-electron chi connectivity index (χ2n) is 2.75. The molecule has 0 amide bonds. The minimum absolute atomic E-state index is 0.0264. The quantitative estimate of drug-likeness (QED) is 0.602. The third-order valence-corrected chi connectivity index (χ3v) is 1.73. The molecule has 1 aliphatic rings. The highest BCUT2D eigenvalue weighted by molar-refractivity contribution is 5.91. The van der Waals surface area contributed by atoms with E-state index in [1.807, 2.05) is 5.01 Å². The van der Waals surface area contributed by atoms with Gasteiger partial charge in [0.25, 0.3) is 0 Å². The van der Waals surface area contributed by atoms with Gasteiger partial charge in [-0.25, -0.2) is 5.01 Å². The Morgan fingerprint density at radius 1 is 1.50 bits per heavy atom. The van der Waals surface area contributed by atoms with Crippen LogP contribution in [0.1, 0.15) is 6.92 Å². The SMILES string of the molecule is C=C(NN1CCOCC1)C(C)=O. The summed E-state index contributed by atoms with van der Waals surface area (Å²) in [6.07, 6.45) is 0. The van der Waals surface area contributed by atoms with Crippen LogP contribution in [-0.4, -0.2) is 37.1 Å². The first-order valence-corrected chi connectivity index (χ1v) is 3.99. The Morgan fingerprint density at radius 2 is 2.08 bits per heavy atom. The molecular formula is C8H14N2O2. The summed E-state index contributed by atoms with van der Waals surface area (Å²) in [7, 11) is 0. The second kappa shape index (κ2) is 4.23. The standard InChI is InChI=1S/C8H14N2O2/c1-7(8(2)11)9-10-3-5-12-6-4-10/h9H,1,3-6H2,2H3. The molecule has 1 saturated heterocycles. The summed E-state index contributed by atoms with van der Waals surface area (Å²) in [6, 6.07) is 0. The second-order valence-corrected chi connectivity index (χ2v) is 2.75. The van der Waals surface area contributed by atoms with Gasteiger partial charge in [-0.3, -0.25) is 4.79 Å². The van der Waals surface area contributed by atoms with Gasteiger partial charge in [0.2, 0.25) is 0 Å². The molecule has 1 aliphatic heterocycles. The summed E-state index contributed by atoms with van der Waals surface area (Å²) in [5, 5.41) is 1.94. The van der Waals surface area contributed by atoms with E-state index in [0.29, 0.717) is 18.9 Å². The number of morpholine rings is 1. The number of nitrogens with one attached hydrogen (secondary N) is 1. The highest BCUT2D eigenvalue weighted by Gasteiger charge is 2.11. The monoisotopic (exact) mass is 170 g/mol. The van der Waals surface area contributed by atoms with Gasteiger partial charge in [-0.1, -0.05) is 6.58 Å². The fraction of sp³-hybridized carbons (Fsp3) is 0.625. The first kappa shape index (κ1) is 9.22. The van der Waals surface area contributed by atoms with Crippen molar-refractivity contribution in [1.82, 2.24) is 10.4 Å². The van der Waals surface area contributed by atoms with E-state index in [1.54, 1.807) is 0 Å². The van der Waals surface area contributed by atoms with Crippen molar-refractivity contribution in [2.24, 2.45) is 0 Å². The molecular weight excluding hydrogens is 156 g/mol. The van der Waals surface area contributed by atoms with Crippen LogP contribution in [0.3, 0.4) is 0 Å². The lowest BCUT2D eigenvalue weighted by Crippen LogP contribution is -2.45. The fourth-order valence-corrected chi connectivity index (χ4v) is 0.945. The van der Waals surface area contributed by atoms with Gasteiger partial charge in [-0.15, -0.1) is 0 Å². The van der Waals surface area contributed by atoms with Crippen molar-refractivity contribution in [3.8, 4) is 0 Å². The van der Waals surface area contributed by atoms with E-state index in [-0.39, 0.29) is 5.78 Å². The molecule has 4 nitrogen and oxygen atoms in total. The van der Waals surface area contributed by atoms with Crippen LogP contribution in [-0.2, 0) is 9.53 Å². The summed E-state index contributed by atoms with van der Waals surface area (Å²) < 4.78 is 5.15. The molecule has 0 spiro atoms. The van der Waals surface area contributed by atoms with Gasteiger partial charge in [0, 0.05) is 20.0 Å². The Kier molecular flexibility index (Phi) is 3.25. The van der Waals surface area contributed by atoms with Crippen molar-refractivity contribution in [3.05, 3.63) is 12.3 Å². The molecule has 0 aliphatic carbocycles. The molecule has 12 heavy (non-hydrogen) atoms. The normalized spacial score (nSPS) is 18.8. The van der Waals surface area contributed by atoms with E-state index in [0.717, 1.165) is 13.1 Å². The molecule has 1 fully saturated rings. The average molecular weight is 170 g/mol. The van der Waals surface area contributed by atoms with E-state index < -0.39 is 0 Å². The van der Waals surface area contributed by atoms with Gasteiger partial charge < -0.3 is 10.2 Å². The third kappa shape index (κ3) is 2.64. The number of carbonyl (C=O) groups excluding carboxylic acids is 1. The maximum absolute atomic E-state index is 10.8. The van der Waals surface area contributed by atoms with Crippen LogP contribution in [0.15, 0.2) is 12.3 Å². The summed E-state index contributed by atoms with van der Waals surface area (Å²) in [5.74, 6) is -0.0264. The molecule has 0 aromatic carbocycles. The predicted octanol–water partition coefficient (Wildman–Crippen LogP) is -0.0741. The molecule has 1 rings (SSSR count). The van der Waals surface area contributed by atoms with E-state index >= 15 is 0 Å². The number of ether oxygens (including phenoxy) is 1. The van der Waals surface area contributed by atoms with E-state index in [9.17, 15) is 4.79 Å². The molecule has 0 aromatic heterocycles. The zero-order valence-electron chi connectivity index (χ0n) is 7.30. The molecule has 0 radical (unpaired) electrons. The van der Waals surface area contributed by atoms with E-state index in [4.69, 9.17) is 4.74 Å². The number of hydrazine groups is 1. The average Bonchev–Trinajstić information content (AvgIpc) is 2.06. The summed E-state index contributed by atoms with van der Waals surface area (Å²) in [4.78, 5) is 10.8. The summed E-state index contributed by atoms with van der Waals surface area (Å²) >= 11 is 0. The Hall–Kier alpha value is -0.870. The molecule has 1 heterocycles. The number of ketones is 1. The van der Waals surface area contributed by atoms with Crippen LogP contribution in [0.5, 0.6) is 0 Å². The van der Waals surface area contributed by atoms with Crippen LogP contribution < -0.4 is 5.43 Å². The van der Waals surface area contributed by atoms with Gasteiger partial charge in [0.1, 0.15) is 0 Å². The Bertz CT molecular complexity index is 185. The van der Waals surface area contributed by atoms with Crippen molar-refractivity contribution in [2.45, 2.75) is 6.92 Å². The lowest BCUT2D eigenvalue weighted by Gasteiger charge is -2.27. The van der Waals surface area contributed by atoms with Gasteiger partial charge in [0.15, 0.2) is 5.78 Å². The van der Waals surface area contributed by atoms with Crippen molar-refractivity contribution in [2.75, 3.05) is 26.3 Å². The lowest BCUT2D eigenvalue weighted by atomic mass is 10.3.